The van der Waals surface area contributed by atoms with Crippen molar-refractivity contribution in [1.29, 1.82) is 5.26 Å². The van der Waals surface area contributed by atoms with Gasteiger partial charge < -0.3 is 15.4 Å². The van der Waals surface area contributed by atoms with Gasteiger partial charge in [-0.2, -0.15) is 10.2 Å². The number of carbonyl (C=O) groups is 1. The second kappa shape index (κ2) is 10.8. The summed E-state index contributed by atoms with van der Waals surface area (Å²) in [4.78, 5) is 33.1. The Bertz CT molecular complexity index is 1440. The molecule has 2 aliphatic carbocycles. The SMILES string of the molecule is CC(Oc1nccc(C(=O)C2=C(N)[C@@]3(CCC2)CCCc2sc(N=CN(C)C)c(C#N)c23)n1)C12CCCN1CCC2. The fourth-order valence-electron chi connectivity index (χ4n) is 7.83. The highest BCUT2D eigenvalue weighted by Gasteiger charge is 2.50. The number of aliphatic imine (C=N–C) groups is 1. The fourth-order valence-corrected chi connectivity index (χ4v) is 9.06. The summed E-state index contributed by atoms with van der Waals surface area (Å²) < 4.78 is 6.32. The summed E-state index contributed by atoms with van der Waals surface area (Å²) in [6, 6.07) is 4.33. The quantitative estimate of drug-likeness (QED) is 0.283. The fraction of sp³-hybridized carbons (Fsp3) is 0.581. The van der Waals surface area contributed by atoms with Gasteiger partial charge in [-0.25, -0.2) is 9.98 Å². The Balaban J connectivity index is 1.32. The first-order valence-electron chi connectivity index (χ1n) is 14.8. The van der Waals surface area contributed by atoms with E-state index in [9.17, 15) is 10.1 Å². The van der Waals surface area contributed by atoms with Crippen molar-refractivity contribution in [2.45, 2.75) is 88.2 Å². The summed E-state index contributed by atoms with van der Waals surface area (Å²) in [7, 11) is 3.82. The standard InChI is InChI=1S/C31H39N7O2S/c1-20(31-13-6-16-38(31)17-7-14-31)40-29-34-15-10-23(36-29)26(39)21-8-4-11-30(27(21)33)12-5-9-24-25(30)22(18-32)28(41-24)35-19-37(2)3/h10,15,19-20H,4-9,11-14,16-17,33H2,1-3H3/t20?,30-/m0/s1. The van der Waals surface area contributed by atoms with E-state index in [0.29, 0.717) is 33.9 Å². The van der Waals surface area contributed by atoms with Crippen LogP contribution in [0.5, 0.6) is 6.01 Å². The van der Waals surface area contributed by atoms with E-state index in [-0.39, 0.29) is 23.4 Å². The molecule has 1 unspecified atom stereocenters. The summed E-state index contributed by atoms with van der Waals surface area (Å²) in [5.41, 5.74) is 9.58. The molecule has 2 atom stereocenters. The number of nitrogens with two attached hydrogens (primary N) is 1. The van der Waals surface area contributed by atoms with Crippen LogP contribution >= 0.6 is 11.3 Å². The molecule has 0 radical (unpaired) electrons. The zero-order valence-corrected chi connectivity index (χ0v) is 25.1. The minimum atomic E-state index is -0.529. The number of Topliss-reactive ketones (excluding diaryl/α,β-unsaturated/α-hetero) is 1. The van der Waals surface area contributed by atoms with Crippen LogP contribution in [0.2, 0.25) is 0 Å². The second-order valence-corrected chi connectivity index (χ2v) is 13.3. The largest absolute Gasteiger partial charge is 0.458 e. The zero-order valence-electron chi connectivity index (χ0n) is 24.3. The topological polar surface area (TPSA) is 121 Å². The van der Waals surface area contributed by atoms with Gasteiger partial charge in [-0.15, -0.1) is 11.3 Å². The number of ether oxygens (including phenoxy) is 1. The molecule has 0 amide bonds. The van der Waals surface area contributed by atoms with E-state index in [1.165, 1.54) is 12.8 Å². The molecule has 2 N–H and O–H groups in total. The number of rotatable bonds is 7. The normalized spacial score (nSPS) is 24.3. The van der Waals surface area contributed by atoms with Crippen LogP contribution in [-0.4, -0.2) is 70.7 Å². The van der Waals surface area contributed by atoms with Crippen molar-refractivity contribution in [3.63, 3.8) is 0 Å². The molecule has 0 bridgehead atoms. The Morgan fingerprint density at radius 2 is 1.95 bits per heavy atom. The average Bonchev–Trinajstić information content (AvgIpc) is 3.66. The number of thiophene rings is 1. The summed E-state index contributed by atoms with van der Waals surface area (Å²) in [5.74, 6) is -0.172. The van der Waals surface area contributed by atoms with Crippen LogP contribution in [0.1, 0.15) is 91.2 Å². The number of hydrogen-bond donors (Lipinski definition) is 1. The van der Waals surface area contributed by atoms with Gasteiger partial charge in [0.1, 0.15) is 22.9 Å². The van der Waals surface area contributed by atoms with Crippen molar-refractivity contribution >= 4 is 28.5 Å². The number of nitriles is 1. The van der Waals surface area contributed by atoms with Crippen molar-refractivity contribution in [3.8, 4) is 12.1 Å². The minimum absolute atomic E-state index is 0.0409. The number of allylic oxidation sites excluding steroid dienone is 2. The van der Waals surface area contributed by atoms with Crippen molar-refractivity contribution in [3.05, 3.63) is 45.2 Å². The lowest BCUT2D eigenvalue weighted by molar-refractivity contribution is 0.0402. The van der Waals surface area contributed by atoms with Crippen molar-refractivity contribution in [1.82, 2.24) is 19.8 Å². The Labute approximate surface area is 246 Å². The van der Waals surface area contributed by atoms with Gasteiger partial charge >= 0.3 is 6.01 Å². The Hall–Kier alpha value is -3.29. The highest BCUT2D eigenvalue weighted by molar-refractivity contribution is 7.16. The Morgan fingerprint density at radius 1 is 1.22 bits per heavy atom. The highest BCUT2D eigenvalue weighted by atomic mass is 32.1. The predicted octanol–water partition coefficient (Wildman–Crippen LogP) is 4.88. The maximum absolute atomic E-state index is 14.0. The Morgan fingerprint density at radius 3 is 2.66 bits per heavy atom. The molecule has 41 heavy (non-hydrogen) atoms. The lowest BCUT2D eigenvalue weighted by Crippen LogP contribution is -2.50. The van der Waals surface area contributed by atoms with Gasteiger partial charge in [-0.1, -0.05) is 0 Å². The summed E-state index contributed by atoms with van der Waals surface area (Å²) in [5, 5.41) is 10.9. The van der Waals surface area contributed by atoms with Crippen LogP contribution in [0.3, 0.4) is 0 Å². The molecular weight excluding hydrogens is 534 g/mol. The van der Waals surface area contributed by atoms with Gasteiger partial charge in [0, 0.05) is 41.9 Å². The average molecular weight is 574 g/mol. The van der Waals surface area contributed by atoms with Gasteiger partial charge in [0.25, 0.3) is 0 Å². The van der Waals surface area contributed by atoms with Crippen LogP contribution in [0.15, 0.2) is 28.5 Å². The number of aromatic nitrogens is 2. The molecule has 2 aromatic rings. The molecule has 4 aliphatic rings. The molecule has 10 heteroatoms. The first-order valence-corrected chi connectivity index (χ1v) is 15.7. The number of carbonyl (C=O) groups excluding carboxylic acids is 1. The smallest absolute Gasteiger partial charge is 0.317 e. The number of fused-ring (bicyclic) bond motifs is 3. The van der Waals surface area contributed by atoms with E-state index in [1.54, 1.807) is 29.9 Å². The lowest BCUT2D eigenvalue weighted by Gasteiger charge is -2.42. The Kier molecular flexibility index (Phi) is 7.37. The highest BCUT2D eigenvalue weighted by Crippen LogP contribution is 2.54. The summed E-state index contributed by atoms with van der Waals surface area (Å²) in [6.45, 7) is 4.34. The van der Waals surface area contributed by atoms with E-state index in [2.05, 4.69) is 32.9 Å². The number of hydrogen-bond acceptors (Lipinski definition) is 9. The lowest BCUT2D eigenvalue weighted by atomic mass is 9.62. The molecule has 6 rings (SSSR count). The second-order valence-electron chi connectivity index (χ2n) is 12.2. The van der Waals surface area contributed by atoms with E-state index < -0.39 is 5.41 Å². The van der Waals surface area contributed by atoms with E-state index in [4.69, 9.17) is 10.5 Å². The monoisotopic (exact) mass is 573 g/mol. The molecule has 0 saturated carbocycles. The predicted molar refractivity (Wildman–Crippen MR) is 160 cm³/mol. The van der Waals surface area contributed by atoms with Crippen LogP contribution in [0, 0.1) is 11.3 Å². The van der Waals surface area contributed by atoms with E-state index in [0.717, 1.165) is 68.5 Å². The molecule has 2 fully saturated rings. The van der Waals surface area contributed by atoms with Crippen LogP contribution in [0.25, 0.3) is 0 Å². The van der Waals surface area contributed by atoms with Crippen LogP contribution in [0.4, 0.5) is 5.00 Å². The van der Waals surface area contributed by atoms with Crippen molar-refractivity contribution in [2.24, 2.45) is 10.7 Å². The molecule has 2 aromatic heterocycles. The first-order chi connectivity index (χ1) is 19.8. The molecule has 216 valence electrons. The summed E-state index contributed by atoms with van der Waals surface area (Å²) >= 11 is 1.58. The molecule has 2 aliphatic heterocycles. The third-order valence-electron chi connectivity index (χ3n) is 9.72. The third-order valence-corrected chi connectivity index (χ3v) is 10.9. The molecule has 4 heterocycles. The van der Waals surface area contributed by atoms with E-state index in [1.807, 2.05) is 19.0 Å². The minimum Gasteiger partial charge on any atom is -0.458 e. The summed E-state index contributed by atoms with van der Waals surface area (Å²) in [6.07, 6.45) is 12.8. The maximum Gasteiger partial charge on any atom is 0.317 e. The van der Waals surface area contributed by atoms with Crippen molar-refractivity contribution < 1.29 is 9.53 Å². The molecule has 1 spiro atoms. The first kappa shape index (κ1) is 27.9. The van der Waals surface area contributed by atoms with Gasteiger partial charge in [-0.3, -0.25) is 9.69 Å². The van der Waals surface area contributed by atoms with Crippen LogP contribution in [-0.2, 0) is 11.8 Å². The van der Waals surface area contributed by atoms with Gasteiger partial charge in [0.05, 0.1) is 17.4 Å². The zero-order chi connectivity index (χ0) is 28.8. The number of ketones is 1. The molecular formula is C31H39N7O2S. The van der Waals surface area contributed by atoms with Gasteiger partial charge in [0.15, 0.2) is 0 Å². The molecule has 2 saturated heterocycles. The molecule has 0 aromatic carbocycles. The van der Waals surface area contributed by atoms with Crippen LogP contribution < -0.4 is 10.5 Å². The third kappa shape index (κ3) is 4.63. The van der Waals surface area contributed by atoms with Gasteiger partial charge in [0.2, 0.25) is 5.78 Å². The number of aryl methyl sites for hydroxylation is 1. The van der Waals surface area contributed by atoms with E-state index >= 15 is 0 Å². The maximum atomic E-state index is 14.0. The van der Waals surface area contributed by atoms with Gasteiger partial charge in [-0.05, 0) is 95.9 Å². The van der Waals surface area contributed by atoms with Crippen molar-refractivity contribution in [2.75, 3.05) is 27.2 Å². The number of nitrogens with zero attached hydrogens (tertiary/aromatic N) is 6. The molecule has 9 nitrogen and oxygen atoms in total.